The maximum atomic E-state index is 2.57. The molecule has 8 rings (SSSR count). The van der Waals surface area contributed by atoms with Crippen LogP contribution >= 0.6 is 0 Å². The second-order valence-corrected chi connectivity index (χ2v) is 17.6. The molecule has 8 aromatic rings. The average molecular weight is 719 g/mol. The van der Waals surface area contributed by atoms with Gasteiger partial charge >= 0.3 is 295 Å². The van der Waals surface area contributed by atoms with Crippen molar-refractivity contribution in [1.29, 1.82) is 0 Å². The van der Waals surface area contributed by atoms with Gasteiger partial charge < -0.3 is 0 Å². The van der Waals surface area contributed by atoms with Crippen LogP contribution in [0.2, 0.25) is 0 Å². The molecule has 0 aliphatic carbocycles. The van der Waals surface area contributed by atoms with Crippen LogP contribution in [0, 0.1) is 0 Å². The van der Waals surface area contributed by atoms with Crippen LogP contribution in [0.1, 0.15) is 0 Å². The van der Waals surface area contributed by atoms with Gasteiger partial charge in [-0.15, -0.1) is 0 Å². The molecule has 0 saturated heterocycles. The van der Waals surface area contributed by atoms with Crippen LogP contribution in [0.15, 0.2) is 218 Å². The molecule has 0 spiro atoms. The summed E-state index contributed by atoms with van der Waals surface area (Å²) in [6.07, 6.45) is 0. The molecule has 0 radical (unpaired) electrons. The summed E-state index contributed by atoms with van der Waals surface area (Å²) in [5, 5.41) is 0. The molecule has 49 heavy (non-hydrogen) atoms. The topological polar surface area (TPSA) is 0 Å². The molecule has 0 nitrogen and oxygen atoms in total. The summed E-state index contributed by atoms with van der Waals surface area (Å²) in [5.41, 5.74) is 9.88. The van der Waals surface area contributed by atoms with E-state index in [1.54, 1.807) is 0 Å². The van der Waals surface area contributed by atoms with Gasteiger partial charge in [0, 0.05) is 0 Å². The van der Waals surface area contributed by atoms with Crippen molar-refractivity contribution in [1.82, 2.24) is 0 Å². The molecular weight excluding hydrogens is 683 g/mol. The van der Waals surface area contributed by atoms with Crippen molar-refractivity contribution in [2.24, 2.45) is 0 Å². The molecule has 238 valence electrons. The molecule has 0 atom stereocenters. The minimum atomic E-state index is -3.17. The van der Waals surface area contributed by atoms with Crippen molar-refractivity contribution in [2.75, 3.05) is 0 Å². The van der Waals surface area contributed by atoms with Crippen LogP contribution in [0.5, 0.6) is 0 Å². The van der Waals surface area contributed by atoms with Gasteiger partial charge in [0.05, 0.1) is 0 Å². The Labute approximate surface area is 293 Å². The third-order valence-corrected chi connectivity index (χ3v) is 16.2. The minimum absolute atomic E-state index is 1.21. The van der Waals surface area contributed by atoms with Crippen molar-refractivity contribution < 1.29 is 15.5 Å². The van der Waals surface area contributed by atoms with E-state index in [0.29, 0.717) is 0 Å². The normalized spacial score (nSPS) is 11.6. The molecule has 0 fully saturated rings. The van der Waals surface area contributed by atoms with E-state index in [0.717, 1.165) is 0 Å². The molecule has 0 aliphatic heterocycles. The van der Waals surface area contributed by atoms with Gasteiger partial charge in [-0.3, -0.25) is 0 Å². The zero-order valence-electron chi connectivity index (χ0n) is 27.1. The van der Waals surface area contributed by atoms with E-state index in [-0.39, 0.29) is 0 Å². The van der Waals surface area contributed by atoms with E-state index >= 15 is 0 Å². The number of rotatable bonds is 8. The number of benzene rings is 8. The average Bonchev–Trinajstić information content (AvgIpc) is 3.20. The van der Waals surface area contributed by atoms with Crippen LogP contribution in [0.3, 0.4) is 0 Å². The van der Waals surface area contributed by atoms with Crippen LogP contribution in [0.4, 0.5) is 0 Å². The molecule has 1 heteroatoms. The Morgan fingerprint density at radius 3 is 0.898 bits per heavy atom. The Balaban J connectivity index is 1.68. The van der Waals surface area contributed by atoms with Crippen LogP contribution in [0.25, 0.3) is 44.5 Å². The molecule has 0 bridgehead atoms. The summed E-state index contributed by atoms with van der Waals surface area (Å²) in [4.78, 5) is 0. The summed E-state index contributed by atoms with van der Waals surface area (Å²) in [6.45, 7) is 0. The standard InChI is InChI=1S/C30H21.3C6H5.Pd/c1-5-13-23(14-6-1)27-21-22-28(24-15-7-2-8-16-24)30(26-19-11-4-12-20-26)29(27)25-17-9-3-10-18-25;3*1-2-4-6-5-3-1;/h1-21H;3*1-5H;. The summed E-state index contributed by atoms with van der Waals surface area (Å²) in [7, 11) is 0. The number of hydrogen-bond donors (Lipinski definition) is 0. The zero-order chi connectivity index (χ0) is 32.9. The van der Waals surface area contributed by atoms with Crippen molar-refractivity contribution in [3.8, 4) is 44.5 Å². The van der Waals surface area contributed by atoms with Crippen molar-refractivity contribution >= 4 is 16.1 Å². The Kier molecular flexibility index (Phi) is 8.71. The van der Waals surface area contributed by atoms with Crippen molar-refractivity contribution in [2.45, 2.75) is 0 Å². The SMILES string of the molecule is c1ccc(-c2c[c]([Pd]([c]3ccccc3)([c]3ccccc3)[c]3ccccc3)c(-c3ccccc3)c(-c3ccccc3)c2-c2ccccc2)cc1. The quantitative estimate of drug-likeness (QED) is 0.137. The fourth-order valence-electron chi connectivity index (χ4n) is 6.64. The summed E-state index contributed by atoms with van der Waals surface area (Å²) in [6, 6.07) is 80.4. The molecule has 0 unspecified atom stereocenters. The first kappa shape index (κ1) is 30.7. The Bertz CT molecular complexity index is 2170. The molecule has 0 saturated carbocycles. The fraction of sp³-hybridized carbons (Fsp3) is 0. The summed E-state index contributed by atoms with van der Waals surface area (Å²) < 4.78 is 5.49. The predicted octanol–water partition coefficient (Wildman–Crippen LogP) is 10.1. The third kappa shape index (κ3) is 5.68. The summed E-state index contributed by atoms with van der Waals surface area (Å²) >= 11 is -3.17. The first-order valence-electron chi connectivity index (χ1n) is 16.6. The predicted molar refractivity (Wildman–Crippen MR) is 206 cm³/mol. The van der Waals surface area contributed by atoms with E-state index in [9.17, 15) is 0 Å². The van der Waals surface area contributed by atoms with Gasteiger partial charge in [-0.2, -0.15) is 0 Å². The molecule has 8 aromatic carbocycles. The molecule has 0 aliphatic rings. The van der Waals surface area contributed by atoms with Gasteiger partial charge in [-0.1, -0.05) is 0 Å². The van der Waals surface area contributed by atoms with Crippen molar-refractivity contribution in [3.05, 3.63) is 218 Å². The fourth-order valence-corrected chi connectivity index (χ4v) is 14.4. The Morgan fingerprint density at radius 1 is 0.245 bits per heavy atom. The van der Waals surface area contributed by atoms with E-state index in [2.05, 4.69) is 218 Å². The van der Waals surface area contributed by atoms with E-state index in [1.807, 2.05) is 0 Å². The van der Waals surface area contributed by atoms with Gasteiger partial charge in [0.2, 0.25) is 0 Å². The second kappa shape index (κ2) is 13.9. The first-order valence-corrected chi connectivity index (χ1v) is 19.7. The molecule has 0 N–H and O–H groups in total. The van der Waals surface area contributed by atoms with Crippen LogP contribution in [-0.2, 0) is 15.5 Å². The monoisotopic (exact) mass is 718 g/mol. The Hall–Kier alpha value is -5.58. The number of hydrogen-bond acceptors (Lipinski definition) is 0. The third-order valence-electron chi connectivity index (χ3n) is 8.74. The van der Waals surface area contributed by atoms with Crippen LogP contribution in [-0.4, -0.2) is 0 Å². The Morgan fingerprint density at radius 2 is 0.531 bits per heavy atom. The van der Waals surface area contributed by atoms with Crippen LogP contribution < -0.4 is 16.1 Å². The van der Waals surface area contributed by atoms with E-state index in [1.165, 1.54) is 60.7 Å². The molecule has 0 amide bonds. The van der Waals surface area contributed by atoms with Gasteiger partial charge in [0.15, 0.2) is 0 Å². The van der Waals surface area contributed by atoms with Gasteiger partial charge in [0.1, 0.15) is 0 Å². The van der Waals surface area contributed by atoms with Gasteiger partial charge in [0.25, 0.3) is 0 Å². The molecule has 0 heterocycles. The zero-order valence-corrected chi connectivity index (χ0v) is 28.7. The second-order valence-electron chi connectivity index (χ2n) is 11.7. The summed E-state index contributed by atoms with van der Waals surface area (Å²) in [5.74, 6) is 0. The maximum absolute atomic E-state index is 3.17. The van der Waals surface area contributed by atoms with E-state index < -0.39 is 15.5 Å². The van der Waals surface area contributed by atoms with Crippen molar-refractivity contribution in [3.63, 3.8) is 0 Å². The molecular formula is C48H36Pd. The van der Waals surface area contributed by atoms with E-state index in [4.69, 9.17) is 0 Å². The van der Waals surface area contributed by atoms with Gasteiger partial charge in [-0.05, 0) is 0 Å². The first-order chi connectivity index (χ1) is 24.4. The van der Waals surface area contributed by atoms with Gasteiger partial charge in [-0.25, -0.2) is 0 Å². The molecule has 0 aromatic heterocycles.